The highest BCUT2D eigenvalue weighted by Crippen LogP contribution is 2.24. The van der Waals surface area contributed by atoms with E-state index in [9.17, 15) is 22.4 Å². The first-order chi connectivity index (χ1) is 14.2. The summed E-state index contributed by atoms with van der Waals surface area (Å²) in [6.45, 7) is 4.09. The van der Waals surface area contributed by atoms with Gasteiger partial charge in [-0.2, -0.15) is 4.31 Å². The van der Waals surface area contributed by atoms with Crippen LogP contribution in [0.25, 0.3) is 0 Å². The third kappa shape index (κ3) is 4.85. The predicted octanol–water partition coefficient (Wildman–Crippen LogP) is 2.30. The van der Waals surface area contributed by atoms with Crippen molar-refractivity contribution < 1.29 is 22.4 Å². The Morgan fingerprint density at radius 3 is 2.23 bits per heavy atom. The summed E-state index contributed by atoms with van der Waals surface area (Å²) in [6.07, 6.45) is 0.650. The number of piperidine rings is 1. The highest BCUT2D eigenvalue weighted by atomic mass is 32.2. The number of hydrogen-bond donors (Lipinski definition) is 2. The standard InChI is InChI=1S/C21H24FN3O4S/c1-14-3-8-19(15(2)13-14)21(27)24-23-20(26)16-9-11-25(12-10-16)30(28,29)18-6-4-17(22)5-7-18/h3-8,13,16H,9-12H2,1-2H3,(H,23,26)(H,24,27). The molecule has 0 saturated carbocycles. The van der Waals surface area contributed by atoms with Crippen LogP contribution in [0, 0.1) is 25.6 Å². The molecule has 0 spiro atoms. The minimum Gasteiger partial charge on any atom is -0.273 e. The number of sulfonamides is 1. The molecule has 1 heterocycles. The zero-order valence-corrected chi connectivity index (χ0v) is 17.6. The Balaban J connectivity index is 1.54. The first-order valence-electron chi connectivity index (χ1n) is 9.61. The van der Waals surface area contributed by atoms with Crippen LogP contribution in [0.3, 0.4) is 0 Å². The molecule has 7 nitrogen and oxygen atoms in total. The van der Waals surface area contributed by atoms with Gasteiger partial charge < -0.3 is 0 Å². The Hall–Kier alpha value is -2.78. The van der Waals surface area contributed by atoms with Crippen molar-refractivity contribution in [2.24, 2.45) is 5.92 Å². The van der Waals surface area contributed by atoms with Crippen molar-refractivity contribution in [1.82, 2.24) is 15.2 Å². The van der Waals surface area contributed by atoms with Gasteiger partial charge in [-0.15, -0.1) is 0 Å². The molecule has 2 N–H and O–H groups in total. The van der Waals surface area contributed by atoms with Gasteiger partial charge in [0.05, 0.1) is 4.90 Å². The van der Waals surface area contributed by atoms with E-state index in [-0.39, 0.29) is 23.9 Å². The third-order valence-corrected chi connectivity index (χ3v) is 7.11. The molecule has 160 valence electrons. The molecule has 0 unspecified atom stereocenters. The fourth-order valence-electron chi connectivity index (χ4n) is 3.47. The first kappa shape index (κ1) is 21.9. The van der Waals surface area contributed by atoms with E-state index in [0.29, 0.717) is 18.4 Å². The molecular formula is C21H24FN3O4S. The molecule has 2 amide bonds. The third-order valence-electron chi connectivity index (χ3n) is 5.20. The molecule has 0 radical (unpaired) electrons. The number of carbonyl (C=O) groups excluding carboxylic acids is 2. The number of rotatable bonds is 4. The fourth-order valence-corrected chi connectivity index (χ4v) is 4.94. The Kier molecular flexibility index (Phi) is 6.52. The minimum absolute atomic E-state index is 0.0209. The molecule has 0 atom stereocenters. The lowest BCUT2D eigenvalue weighted by Crippen LogP contribution is -2.48. The van der Waals surface area contributed by atoms with Gasteiger partial charge in [0.25, 0.3) is 5.91 Å². The summed E-state index contributed by atoms with van der Waals surface area (Å²) in [5, 5.41) is 0. The molecule has 30 heavy (non-hydrogen) atoms. The normalized spacial score (nSPS) is 15.6. The van der Waals surface area contributed by atoms with Crippen LogP contribution in [0.15, 0.2) is 47.4 Å². The van der Waals surface area contributed by atoms with Crippen molar-refractivity contribution in [1.29, 1.82) is 0 Å². The number of halogens is 1. The molecule has 3 rings (SSSR count). The second kappa shape index (κ2) is 8.93. The van der Waals surface area contributed by atoms with Crippen LogP contribution in [0.1, 0.15) is 34.3 Å². The van der Waals surface area contributed by atoms with Crippen LogP contribution in [-0.4, -0.2) is 37.6 Å². The lowest BCUT2D eigenvalue weighted by atomic mass is 9.97. The molecule has 2 aromatic rings. The van der Waals surface area contributed by atoms with Crippen molar-refractivity contribution in [3.63, 3.8) is 0 Å². The van der Waals surface area contributed by atoms with Crippen LogP contribution >= 0.6 is 0 Å². The lowest BCUT2D eigenvalue weighted by Gasteiger charge is -2.30. The van der Waals surface area contributed by atoms with E-state index in [0.717, 1.165) is 23.3 Å². The molecule has 2 aromatic carbocycles. The van der Waals surface area contributed by atoms with Crippen molar-refractivity contribution in [2.75, 3.05) is 13.1 Å². The number of aryl methyl sites for hydroxylation is 2. The van der Waals surface area contributed by atoms with E-state index in [4.69, 9.17) is 0 Å². The zero-order valence-electron chi connectivity index (χ0n) is 16.8. The number of carbonyl (C=O) groups is 2. The van der Waals surface area contributed by atoms with Gasteiger partial charge in [-0.1, -0.05) is 17.7 Å². The lowest BCUT2D eigenvalue weighted by molar-refractivity contribution is -0.126. The zero-order chi connectivity index (χ0) is 21.9. The maximum Gasteiger partial charge on any atom is 0.269 e. The maximum absolute atomic E-state index is 13.1. The molecule has 0 aromatic heterocycles. The summed E-state index contributed by atoms with van der Waals surface area (Å²) in [5.74, 6) is -1.68. The van der Waals surface area contributed by atoms with E-state index in [1.165, 1.54) is 16.4 Å². The smallest absolute Gasteiger partial charge is 0.269 e. The van der Waals surface area contributed by atoms with Gasteiger partial charge in [0.2, 0.25) is 15.9 Å². The average Bonchev–Trinajstić information content (AvgIpc) is 2.72. The summed E-state index contributed by atoms with van der Waals surface area (Å²) >= 11 is 0. The molecule has 9 heteroatoms. The van der Waals surface area contributed by atoms with Crippen LogP contribution in [0.5, 0.6) is 0 Å². The minimum atomic E-state index is -3.73. The van der Waals surface area contributed by atoms with Crippen molar-refractivity contribution in [3.8, 4) is 0 Å². The Morgan fingerprint density at radius 1 is 1.00 bits per heavy atom. The van der Waals surface area contributed by atoms with Gasteiger partial charge in [-0.25, -0.2) is 12.8 Å². The van der Waals surface area contributed by atoms with Crippen molar-refractivity contribution in [3.05, 3.63) is 65.0 Å². The fraction of sp³-hybridized carbons (Fsp3) is 0.333. The number of hydrazine groups is 1. The monoisotopic (exact) mass is 433 g/mol. The summed E-state index contributed by atoms with van der Waals surface area (Å²) in [5.41, 5.74) is 7.18. The number of nitrogens with zero attached hydrogens (tertiary/aromatic N) is 1. The van der Waals surface area contributed by atoms with Gasteiger partial charge in [-0.3, -0.25) is 20.4 Å². The van der Waals surface area contributed by atoms with Crippen LogP contribution in [0.2, 0.25) is 0 Å². The largest absolute Gasteiger partial charge is 0.273 e. The highest BCUT2D eigenvalue weighted by molar-refractivity contribution is 7.89. The number of benzene rings is 2. The highest BCUT2D eigenvalue weighted by Gasteiger charge is 2.32. The molecule has 0 aliphatic carbocycles. The summed E-state index contributed by atoms with van der Waals surface area (Å²) < 4.78 is 39.6. The summed E-state index contributed by atoms with van der Waals surface area (Å²) in [4.78, 5) is 24.7. The average molecular weight is 434 g/mol. The van der Waals surface area contributed by atoms with Crippen LogP contribution < -0.4 is 10.9 Å². The quantitative estimate of drug-likeness (QED) is 0.724. The predicted molar refractivity (Wildman–Crippen MR) is 109 cm³/mol. The van der Waals surface area contributed by atoms with E-state index < -0.39 is 27.7 Å². The molecule has 1 aliphatic heterocycles. The van der Waals surface area contributed by atoms with E-state index in [1.807, 2.05) is 26.0 Å². The summed E-state index contributed by atoms with van der Waals surface area (Å²) in [6, 6.07) is 10.1. The van der Waals surface area contributed by atoms with Gasteiger partial charge in [0.15, 0.2) is 0 Å². The van der Waals surface area contributed by atoms with Gasteiger partial charge >= 0.3 is 0 Å². The maximum atomic E-state index is 13.1. The number of nitrogens with one attached hydrogen (secondary N) is 2. The van der Waals surface area contributed by atoms with Crippen LogP contribution in [0.4, 0.5) is 4.39 Å². The molecular weight excluding hydrogens is 409 g/mol. The first-order valence-corrected chi connectivity index (χ1v) is 11.1. The summed E-state index contributed by atoms with van der Waals surface area (Å²) in [7, 11) is -3.73. The van der Waals surface area contributed by atoms with Gasteiger partial charge in [-0.05, 0) is 62.6 Å². The Labute approximate surface area is 175 Å². The van der Waals surface area contributed by atoms with Crippen molar-refractivity contribution in [2.45, 2.75) is 31.6 Å². The number of amides is 2. The Bertz CT molecular complexity index is 1050. The molecule has 1 fully saturated rings. The molecule has 1 saturated heterocycles. The second-order valence-electron chi connectivity index (χ2n) is 7.39. The molecule has 0 bridgehead atoms. The van der Waals surface area contributed by atoms with E-state index in [2.05, 4.69) is 10.9 Å². The van der Waals surface area contributed by atoms with Crippen LogP contribution in [-0.2, 0) is 14.8 Å². The SMILES string of the molecule is Cc1ccc(C(=O)NNC(=O)C2CCN(S(=O)(=O)c3ccc(F)cc3)CC2)c(C)c1. The van der Waals surface area contributed by atoms with E-state index >= 15 is 0 Å². The Morgan fingerprint density at radius 2 is 1.63 bits per heavy atom. The number of hydrogen-bond acceptors (Lipinski definition) is 4. The van der Waals surface area contributed by atoms with Gasteiger partial charge in [0.1, 0.15) is 5.82 Å². The molecule has 1 aliphatic rings. The van der Waals surface area contributed by atoms with E-state index in [1.54, 1.807) is 6.07 Å². The second-order valence-corrected chi connectivity index (χ2v) is 9.33. The van der Waals surface area contributed by atoms with Crippen molar-refractivity contribution >= 4 is 21.8 Å². The van der Waals surface area contributed by atoms with Gasteiger partial charge in [0, 0.05) is 24.6 Å². The topological polar surface area (TPSA) is 95.6 Å².